The van der Waals surface area contributed by atoms with Gasteiger partial charge in [-0.25, -0.2) is 4.98 Å². The van der Waals surface area contributed by atoms with Gasteiger partial charge in [0.25, 0.3) is 5.91 Å². The zero-order valence-electron chi connectivity index (χ0n) is 17.9. The molecule has 31 heavy (non-hydrogen) atoms. The molecule has 1 atom stereocenters. The van der Waals surface area contributed by atoms with E-state index in [1.54, 1.807) is 6.20 Å². The molecule has 0 aromatic carbocycles. The van der Waals surface area contributed by atoms with Gasteiger partial charge in [0, 0.05) is 56.9 Å². The van der Waals surface area contributed by atoms with E-state index in [0.29, 0.717) is 11.8 Å². The van der Waals surface area contributed by atoms with Crippen molar-refractivity contribution in [2.75, 3.05) is 37.6 Å². The number of fused-ring (bicyclic) bond motifs is 1. The van der Waals surface area contributed by atoms with Gasteiger partial charge in [-0.2, -0.15) is 0 Å². The van der Waals surface area contributed by atoms with Gasteiger partial charge in [0.15, 0.2) is 0 Å². The number of rotatable bonds is 3. The number of amides is 1. The fourth-order valence-corrected chi connectivity index (χ4v) is 4.81. The van der Waals surface area contributed by atoms with Crippen molar-refractivity contribution >= 4 is 36.5 Å². The summed E-state index contributed by atoms with van der Waals surface area (Å²) in [5, 5.41) is 12.2. The molecule has 0 bridgehead atoms. The lowest BCUT2D eigenvalue weighted by molar-refractivity contribution is 0.0710. The number of nitrogens with zero attached hydrogens (tertiary/aromatic N) is 6. The summed E-state index contributed by atoms with van der Waals surface area (Å²) in [4.78, 5) is 21.9. The van der Waals surface area contributed by atoms with Crippen LogP contribution in [-0.4, -0.2) is 63.3 Å². The molecule has 170 valence electrons. The summed E-state index contributed by atoms with van der Waals surface area (Å²) in [6.07, 6.45) is 4.85. The van der Waals surface area contributed by atoms with Gasteiger partial charge in [-0.3, -0.25) is 4.79 Å². The minimum Gasteiger partial charge on any atom is -0.356 e. The highest BCUT2D eigenvalue weighted by molar-refractivity contribution is 5.95. The molecule has 3 aliphatic heterocycles. The van der Waals surface area contributed by atoms with E-state index >= 15 is 0 Å². The van der Waals surface area contributed by atoms with Crippen LogP contribution in [0.5, 0.6) is 0 Å². The summed E-state index contributed by atoms with van der Waals surface area (Å²) in [6.45, 7) is 8.54. The molecule has 1 N–H and O–H groups in total. The predicted octanol–water partition coefficient (Wildman–Crippen LogP) is 2.49. The van der Waals surface area contributed by atoms with Gasteiger partial charge in [-0.05, 0) is 37.3 Å². The molecule has 2 saturated heterocycles. The van der Waals surface area contributed by atoms with Crippen LogP contribution in [0.1, 0.15) is 54.1 Å². The fraction of sp³-hybridized carbons (Fsp3) is 0.619. The van der Waals surface area contributed by atoms with Crippen molar-refractivity contribution in [2.45, 2.75) is 45.2 Å². The monoisotopic (exact) mass is 467 g/mol. The van der Waals surface area contributed by atoms with E-state index in [1.807, 2.05) is 17.0 Å². The Morgan fingerprint density at radius 2 is 1.90 bits per heavy atom. The Balaban J connectivity index is 0.00000136. The number of carbonyl (C=O) groups is 1. The molecule has 5 heterocycles. The molecule has 2 fully saturated rings. The second-order valence-electron chi connectivity index (χ2n) is 8.61. The van der Waals surface area contributed by atoms with E-state index in [2.05, 4.69) is 36.9 Å². The summed E-state index contributed by atoms with van der Waals surface area (Å²) in [5.41, 5.74) is 0.749. The van der Waals surface area contributed by atoms with Crippen molar-refractivity contribution in [3.05, 3.63) is 35.5 Å². The van der Waals surface area contributed by atoms with Crippen LogP contribution in [0.15, 0.2) is 18.3 Å². The number of aromatic nitrogens is 4. The smallest absolute Gasteiger partial charge is 0.254 e. The van der Waals surface area contributed by atoms with Gasteiger partial charge in [0.2, 0.25) is 0 Å². The third-order valence-corrected chi connectivity index (χ3v) is 6.54. The van der Waals surface area contributed by atoms with E-state index < -0.39 is 0 Å². The molecule has 3 aliphatic rings. The molecule has 1 unspecified atom stereocenters. The Labute approximate surface area is 195 Å². The molecular weight excluding hydrogens is 437 g/mol. The maximum absolute atomic E-state index is 13.1. The number of carbonyl (C=O) groups excluding carboxylic acids is 1. The zero-order chi connectivity index (χ0) is 19.8. The average Bonchev–Trinajstić information content (AvgIpc) is 3.40. The van der Waals surface area contributed by atoms with E-state index in [1.165, 1.54) is 6.42 Å². The minimum absolute atomic E-state index is 0. The van der Waals surface area contributed by atoms with Crippen LogP contribution in [0.25, 0.3) is 0 Å². The van der Waals surface area contributed by atoms with Gasteiger partial charge in [-0.1, -0.05) is 6.92 Å². The molecule has 2 aromatic rings. The first-order chi connectivity index (χ1) is 14.2. The van der Waals surface area contributed by atoms with Crippen LogP contribution >= 0.6 is 24.8 Å². The largest absolute Gasteiger partial charge is 0.356 e. The number of pyridine rings is 1. The number of anilines is 1. The summed E-state index contributed by atoms with van der Waals surface area (Å²) in [5.74, 6) is 4.25. The summed E-state index contributed by atoms with van der Waals surface area (Å²) >= 11 is 0. The van der Waals surface area contributed by atoms with Crippen molar-refractivity contribution in [2.24, 2.45) is 5.92 Å². The van der Waals surface area contributed by atoms with Gasteiger partial charge >= 0.3 is 0 Å². The topological polar surface area (TPSA) is 79.2 Å². The summed E-state index contributed by atoms with van der Waals surface area (Å²) in [6, 6.07) is 3.81. The SMILES string of the molecule is CC1CCN(c2cc(C(=O)N3CCC(c4nnc5n4CCNC5)CC3)ccn2)C1.Cl.Cl. The van der Waals surface area contributed by atoms with Crippen molar-refractivity contribution in [3.63, 3.8) is 0 Å². The van der Waals surface area contributed by atoms with Gasteiger partial charge in [0.05, 0.1) is 6.54 Å². The van der Waals surface area contributed by atoms with E-state index in [4.69, 9.17) is 0 Å². The van der Waals surface area contributed by atoms with Crippen LogP contribution < -0.4 is 10.2 Å². The van der Waals surface area contributed by atoms with Crippen LogP contribution in [0, 0.1) is 5.92 Å². The first-order valence-electron chi connectivity index (χ1n) is 10.8. The number of halogens is 2. The van der Waals surface area contributed by atoms with Crippen LogP contribution in [0.2, 0.25) is 0 Å². The molecule has 5 rings (SSSR count). The van der Waals surface area contributed by atoms with Gasteiger partial charge in [-0.15, -0.1) is 35.0 Å². The summed E-state index contributed by atoms with van der Waals surface area (Å²) in [7, 11) is 0. The average molecular weight is 468 g/mol. The number of likely N-dealkylation sites (tertiary alicyclic amines) is 1. The van der Waals surface area contributed by atoms with Crippen LogP contribution in [0.4, 0.5) is 5.82 Å². The first-order valence-corrected chi connectivity index (χ1v) is 10.8. The molecule has 0 radical (unpaired) electrons. The Hall–Kier alpha value is -1.90. The second kappa shape index (κ2) is 10.1. The van der Waals surface area contributed by atoms with Crippen LogP contribution in [-0.2, 0) is 13.1 Å². The van der Waals surface area contributed by atoms with Crippen LogP contribution in [0.3, 0.4) is 0 Å². The quantitative estimate of drug-likeness (QED) is 0.746. The number of hydrogen-bond acceptors (Lipinski definition) is 6. The highest BCUT2D eigenvalue weighted by Gasteiger charge is 2.29. The first kappa shape index (κ1) is 23.8. The maximum atomic E-state index is 13.1. The normalized spacial score (nSPS) is 21.3. The molecule has 2 aromatic heterocycles. The highest BCUT2D eigenvalue weighted by Crippen LogP contribution is 2.29. The Morgan fingerprint density at radius 1 is 1.10 bits per heavy atom. The highest BCUT2D eigenvalue weighted by atomic mass is 35.5. The second-order valence-corrected chi connectivity index (χ2v) is 8.61. The maximum Gasteiger partial charge on any atom is 0.254 e. The Bertz CT molecular complexity index is 898. The molecule has 1 amide bonds. The fourth-order valence-electron chi connectivity index (χ4n) is 4.81. The Kier molecular flexibility index (Phi) is 7.78. The molecule has 10 heteroatoms. The number of nitrogens with one attached hydrogen (secondary N) is 1. The molecule has 0 aliphatic carbocycles. The third kappa shape index (κ3) is 4.81. The van der Waals surface area contributed by atoms with E-state index in [0.717, 1.165) is 81.7 Å². The molecular formula is C21H31Cl2N7O. The molecule has 8 nitrogen and oxygen atoms in total. The standard InChI is InChI=1S/C21H29N7O.2ClH/c1-15-3-8-27(14-15)18-12-17(2-6-23-18)21(29)26-9-4-16(5-10-26)20-25-24-19-13-22-7-11-28(19)20;;/h2,6,12,15-16,22H,3-5,7-11,13-14H2,1H3;2*1H. The third-order valence-electron chi connectivity index (χ3n) is 6.54. The minimum atomic E-state index is 0. The van der Waals surface area contributed by atoms with Gasteiger partial charge in [0.1, 0.15) is 17.5 Å². The number of hydrogen-bond donors (Lipinski definition) is 1. The predicted molar refractivity (Wildman–Crippen MR) is 124 cm³/mol. The summed E-state index contributed by atoms with van der Waals surface area (Å²) < 4.78 is 2.27. The van der Waals surface area contributed by atoms with Crippen molar-refractivity contribution in [1.29, 1.82) is 0 Å². The van der Waals surface area contributed by atoms with Crippen molar-refractivity contribution in [3.8, 4) is 0 Å². The molecule has 0 spiro atoms. The van der Waals surface area contributed by atoms with Crippen molar-refractivity contribution < 1.29 is 4.79 Å². The van der Waals surface area contributed by atoms with Gasteiger partial charge < -0.3 is 19.7 Å². The van der Waals surface area contributed by atoms with E-state index in [9.17, 15) is 4.79 Å². The zero-order valence-corrected chi connectivity index (χ0v) is 19.5. The lowest BCUT2D eigenvalue weighted by Gasteiger charge is -2.32. The van der Waals surface area contributed by atoms with E-state index in [-0.39, 0.29) is 30.7 Å². The molecule has 0 saturated carbocycles. The number of piperidine rings is 1. The lowest BCUT2D eigenvalue weighted by atomic mass is 9.95. The lowest BCUT2D eigenvalue weighted by Crippen LogP contribution is -2.39. The van der Waals surface area contributed by atoms with Crippen molar-refractivity contribution in [1.82, 2.24) is 30.0 Å². The Morgan fingerprint density at radius 3 is 2.65 bits per heavy atom.